The van der Waals surface area contributed by atoms with E-state index in [1.807, 2.05) is 34.6 Å². The molecule has 0 radical (unpaired) electrons. The largest absolute Gasteiger partial charge is 0.466 e. The molecule has 3 aliphatic heterocycles. The molecule has 3 fully saturated rings. The van der Waals surface area contributed by atoms with Gasteiger partial charge in [0.05, 0.1) is 35.8 Å². The number of rotatable bonds is 7. The van der Waals surface area contributed by atoms with Crippen LogP contribution in [-0.2, 0) is 19.1 Å². The minimum atomic E-state index is -0.718. The summed E-state index contributed by atoms with van der Waals surface area (Å²) in [5, 5.41) is 13.3. The van der Waals surface area contributed by atoms with Crippen LogP contribution in [0.4, 0.5) is 0 Å². The third kappa shape index (κ3) is 3.99. The molecule has 2 N–H and O–H groups in total. The van der Waals surface area contributed by atoms with Crippen molar-refractivity contribution in [2.24, 2.45) is 23.7 Å². The van der Waals surface area contributed by atoms with Crippen molar-refractivity contribution in [3.63, 3.8) is 0 Å². The Morgan fingerprint density at radius 2 is 2.00 bits per heavy atom. The standard InChI is InChI=1S/C23H38N2O5S/c1-8-30-21(29)16-15-10-13(4)23(31-15)17(16)20(28)25(14(11-26)9-12(2)3)18(23)19(27)24-22(5,6)7/h12-18,26H,8-11H2,1-7H3,(H,24,27)/t13?,14-,15-,16+,17+,18?,23?/m1/s1. The number of hydrogen-bond acceptors (Lipinski definition) is 6. The van der Waals surface area contributed by atoms with Gasteiger partial charge in [-0.1, -0.05) is 20.8 Å². The first-order valence-corrected chi connectivity index (χ1v) is 12.4. The highest BCUT2D eigenvalue weighted by Gasteiger charge is 2.76. The average Bonchev–Trinajstić information content (AvgIpc) is 3.22. The topological polar surface area (TPSA) is 95.9 Å². The molecule has 0 aromatic heterocycles. The summed E-state index contributed by atoms with van der Waals surface area (Å²) < 4.78 is 4.68. The number of carbonyl (C=O) groups excluding carboxylic acids is 3. The predicted molar refractivity (Wildman–Crippen MR) is 120 cm³/mol. The minimum Gasteiger partial charge on any atom is -0.466 e. The van der Waals surface area contributed by atoms with Gasteiger partial charge in [-0.25, -0.2) is 0 Å². The molecular weight excluding hydrogens is 416 g/mol. The number of fused-ring (bicyclic) bond motifs is 1. The van der Waals surface area contributed by atoms with Crippen molar-refractivity contribution in [3.8, 4) is 0 Å². The first kappa shape index (κ1) is 24.4. The minimum absolute atomic E-state index is 0.0206. The Labute approximate surface area is 190 Å². The number of nitrogens with zero attached hydrogens (tertiary/aromatic N) is 1. The fourth-order valence-corrected chi connectivity index (χ4v) is 8.31. The maximum Gasteiger partial charge on any atom is 0.310 e. The van der Waals surface area contributed by atoms with Crippen LogP contribution in [0.3, 0.4) is 0 Å². The van der Waals surface area contributed by atoms with E-state index in [0.29, 0.717) is 6.42 Å². The first-order valence-electron chi connectivity index (χ1n) is 11.5. The van der Waals surface area contributed by atoms with Gasteiger partial charge in [-0.2, -0.15) is 0 Å². The van der Waals surface area contributed by atoms with Gasteiger partial charge in [0.1, 0.15) is 6.04 Å². The zero-order chi connectivity index (χ0) is 23.3. The number of aliphatic hydroxyl groups excluding tert-OH is 1. The van der Waals surface area contributed by atoms with E-state index in [0.717, 1.165) is 6.42 Å². The molecule has 3 heterocycles. The van der Waals surface area contributed by atoms with Crippen molar-refractivity contribution in [1.29, 1.82) is 0 Å². The third-order valence-corrected chi connectivity index (χ3v) is 8.91. The van der Waals surface area contributed by atoms with E-state index < -0.39 is 34.2 Å². The van der Waals surface area contributed by atoms with Crippen LogP contribution in [0.1, 0.15) is 61.3 Å². The van der Waals surface area contributed by atoms with Crippen molar-refractivity contribution in [2.75, 3.05) is 13.2 Å². The zero-order valence-corrected chi connectivity index (χ0v) is 20.6. The van der Waals surface area contributed by atoms with Crippen LogP contribution >= 0.6 is 11.8 Å². The quantitative estimate of drug-likeness (QED) is 0.573. The second-order valence-electron chi connectivity index (χ2n) is 10.8. The molecular formula is C23H38N2O5S. The molecule has 31 heavy (non-hydrogen) atoms. The Hall–Kier alpha value is -1.28. The Morgan fingerprint density at radius 3 is 2.52 bits per heavy atom. The number of hydrogen-bond donors (Lipinski definition) is 2. The molecule has 8 heteroatoms. The number of carbonyl (C=O) groups is 3. The van der Waals surface area contributed by atoms with Crippen LogP contribution in [0.2, 0.25) is 0 Å². The number of likely N-dealkylation sites (tertiary alicyclic amines) is 1. The molecule has 2 amide bonds. The van der Waals surface area contributed by atoms with E-state index in [9.17, 15) is 19.5 Å². The maximum absolute atomic E-state index is 13.9. The Kier molecular flexibility index (Phi) is 6.74. The summed E-state index contributed by atoms with van der Waals surface area (Å²) in [6.45, 7) is 13.7. The van der Waals surface area contributed by atoms with E-state index in [-0.39, 0.29) is 48.1 Å². The van der Waals surface area contributed by atoms with Crippen molar-refractivity contribution in [1.82, 2.24) is 10.2 Å². The molecule has 0 aromatic carbocycles. The highest BCUT2D eigenvalue weighted by atomic mass is 32.2. The zero-order valence-electron chi connectivity index (χ0n) is 19.8. The normalized spacial score (nSPS) is 35.5. The molecule has 3 unspecified atom stereocenters. The molecule has 3 rings (SSSR count). The number of ether oxygens (including phenoxy) is 1. The summed E-state index contributed by atoms with van der Waals surface area (Å²) in [5.74, 6) is -1.52. The van der Waals surface area contributed by atoms with E-state index in [1.165, 1.54) is 0 Å². The number of thioether (sulfide) groups is 1. The second-order valence-corrected chi connectivity index (χ2v) is 12.3. The van der Waals surface area contributed by atoms with E-state index in [2.05, 4.69) is 12.2 Å². The van der Waals surface area contributed by atoms with Gasteiger partial charge in [-0.05, 0) is 52.4 Å². The average molecular weight is 455 g/mol. The first-order chi connectivity index (χ1) is 14.4. The lowest BCUT2D eigenvalue weighted by atomic mass is 9.66. The fraction of sp³-hybridized carbons (Fsp3) is 0.870. The van der Waals surface area contributed by atoms with Crippen LogP contribution in [-0.4, -0.2) is 68.6 Å². The Morgan fingerprint density at radius 1 is 1.35 bits per heavy atom. The molecule has 2 bridgehead atoms. The van der Waals surface area contributed by atoms with Crippen LogP contribution in [0, 0.1) is 23.7 Å². The molecule has 7 atom stereocenters. The van der Waals surface area contributed by atoms with Gasteiger partial charge in [0.2, 0.25) is 11.8 Å². The number of esters is 1. The number of amides is 2. The van der Waals surface area contributed by atoms with Crippen molar-refractivity contribution < 1.29 is 24.2 Å². The molecule has 1 spiro atoms. The van der Waals surface area contributed by atoms with E-state index in [1.54, 1.807) is 23.6 Å². The van der Waals surface area contributed by atoms with Crippen molar-refractivity contribution >= 4 is 29.5 Å². The van der Waals surface area contributed by atoms with E-state index >= 15 is 0 Å². The molecule has 0 saturated carbocycles. The number of nitrogens with one attached hydrogen (secondary N) is 1. The number of aliphatic hydroxyl groups is 1. The summed E-state index contributed by atoms with van der Waals surface area (Å²) in [4.78, 5) is 42.1. The van der Waals surface area contributed by atoms with Crippen molar-refractivity contribution in [3.05, 3.63) is 0 Å². The fourth-order valence-electron chi connectivity index (χ4n) is 5.92. The third-order valence-electron chi connectivity index (χ3n) is 6.84. The smallest absolute Gasteiger partial charge is 0.310 e. The van der Waals surface area contributed by atoms with Gasteiger partial charge in [0.25, 0.3) is 0 Å². The summed E-state index contributed by atoms with van der Waals surface area (Å²) in [5.41, 5.74) is -0.460. The second kappa shape index (κ2) is 8.58. The van der Waals surface area contributed by atoms with Gasteiger partial charge in [0.15, 0.2) is 0 Å². The molecule has 0 aromatic rings. The molecule has 3 saturated heterocycles. The van der Waals surface area contributed by atoms with Crippen LogP contribution in [0.25, 0.3) is 0 Å². The maximum atomic E-state index is 13.9. The van der Waals surface area contributed by atoms with Crippen LogP contribution < -0.4 is 5.32 Å². The predicted octanol–water partition coefficient (Wildman–Crippen LogP) is 2.21. The SMILES string of the molecule is CCOC(=O)[C@@H]1[C@H]2C(=O)N([C@@H](CO)CC(C)C)C(C(=O)NC(C)(C)C)C23S[C@@H]1CC3C. The van der Waals surface area contributed by atoms with Gasteiger partial charge in [-0.15, -0.1) is 11.8 Å². The summed E-state index contributed by atoms with van der Waals surface area (Å²) in [7, 11) is 0. The lowest BCUT2D eigenvalue weighted by Gasteiger charge is -2.41. The lowest BCUT2D eigenvalue weighted by Crippen LogP contribution is -2.60. The monoisotopic (exact) mass is 454 g/mol. The van der Waals surface area contributed by atoms with Gasteiger partial charge < -0.3 is 20.1 Å². The van der Waals surface area contributed by atoms with Gasteiger partial charge >= 0.3 is 5.97 Å². The van der Waals surface area contributed by atoms with Crippen LogP contribution in [0.5, 0.6) is 0 Å². The van der Waals surface area contributed by atoms with Crippen LogP contribution in [0.15, 0.2) is 0 Å². The Balaban J connectivity index is 2.10. The highest BCUT2D eigenvalue weighted by Crippen LogP contribution is 2.69. The molecule has 7 nitrogen and oxygen atoms in total. The lowest BCUT2D eigenvalue weighted by molar-refractivity contribution is -0.154. The summed E-state index contributed by atoms with van der Waals surface area (Å²) in [6.07, 6.45) is 1.37. The van der Waals surface area contributed by atoms with E-state index in [4.69, 9.17) is 4.74 Å². The van der Waals surface area contributed by atoms with Gasteiger partial charge in [0, 0.05) is 10.8 Å². The molecule has 0 aliphatic carbocycles. The molecule has 3 aliphatic rings. The van der Waals surface area contributed by atoms with Gasteiger partial charge in [-0.3, -0.25) is 14.4 Å². The van der Waals surface area contributed by atoms with Crippen molar-refractivity contribution in [2.45, 2.75) is 88.9 Å². The Bertz CT molecular complexity index is 736. The summed E-state index contributed by atoms with van der Waals surface area (Å²) in [6, 6.07) is -1.18. The molecule has 176 valence electrons. The highest BCUT2D eigenvalue weighted by molar-refractivity contribution is 8.02. The summed E-state index contributed by atoms with van der Waals surface area (Å²) >= 11 is 1.63.